The van der Waals surface area contributed by atoms with Crippen LogP contribution in [0, 0.1) is 12.7 Å². The van der Waals surface area contributed by atoms with Crippen LogP contribution >= 0.6 is 0 Å². The van der Waals surface area contributed by atoms with Gasteiger partial charge in [-0.1, -0.05) is 29.8 Å². The van der Waals surface area contributed by atoms with Crippen LogP contribution in [0.4, 0.5) is 4.39 Å². The van der Waals surface area contributed by atoms with Crippen molar-refractivity contribution >= 4 is 17.4 Å². The van der Waals surface area contributed by atoms with Crippen LogP contribution in [0.25, 0.3) is 5.76 Å². The standard InChI is InChI=1S/C24H22FN3O3/c1-16-3-5-17(6-4-16)21-20(22(29)18-7-9-19(25)10-8-18)23(30)24(31)28(21)13-2-12-27-14-11-26-15-27/h3-11,14-15,21,29H,2,12-13H2,1H3/b22-20+. The predicted molar refractivity (Wildman–Crippen MR) is 113 cm³/mol. The molecule has 1 saturated heterocycles. The summed E-state index contributed by atoms with van der Waals surface area (Å²) in [4.78, 5) is 31.3. The number of hydrogen-bond donors (Lipinski definition) is 1. The average molecular weight is 419 g/mol. The van der Waals surface area contributed by atoms with Gasteiger partial charge < -0.3 is 14.6 Å². The van der Waals surface area contributed by atoms with Crippen LogP contribution in [0.3, 0.4) is 0 Å². The van der Waals surface area contributed by atoms with Gasteiger partial charge in [-0.3, -0.25) is 9.59 Å². The number of aromatic nitrogens is 2. The Hall–Kier alpha value is -3.74. The van der Waals surface area contributed by atoms with Crippen molar-refractivity contribution in [3.8, 4) is 0 Å². The zero-order valence-corrected chi connectivity index (χ0v) is 17.0. The largest absolute Gasteiger partial charge is 0.507 e. The molecule has 2 aromatic carbocycles. The van der Waals surface area contributed by atoms with Gasteiger partial charge in [0.1, 0.15) is 11.6 Å². The summed E-state index contributed by atoms with van der Waals surface area (Å²) >= 11 is 0. The molecule has 1 aliphatic rings. The van der Waals surface area contributed by atoms with E-state index in [1.54, 1.807) is 12.5 Å². The van der Waals surface area contributed by atoms with Crippen molar-refractivity contribution < 1.29 is 19.1 Å². The Bertz CT molecular complexity index is 1120. The molecule has 0 aliphatic carbocycles. The summed E-state index contributed by atoms with van der Waals surface area (Å²) in [6, 6.07) is 12.0. The quantitative estimate of drug-likeness (QED) is 0.374. The number of likely N-dealkylation sites (tertiary alicyclic amines) is 1. The summed E-state index contributed by atoms with van der Waals surface area (Å²) in [5.74, 6) is -2.15. The molecule has 2 heterocycles. The fourth-order valence-corrected chi connectivity index (χ4v) is 3.81. The maximum absolute atomic E-state index is 13.3. The van der Waals surface area contributed by atoms with Crippen molar-refractivity contribution in [2.45, 2.75) is 25.9 Å². The second-order valence-corrected chi connectivity index (χ2v) is 7.56. The van der Waals surface area contributed by atoms with E-state index in [1.807, 2.05) is 42.0 Å². The summed E-state index contributed by atoms with van der Waals surface area (Å²) in [5.41, 5.74) is 2.08. The normalized spacial score (nSPS) is 18.0. The summed E-state index contributed by atoms with van der Waals surface area (Å²) in [7, 11) is 0. The lowest BCUT2D eigenvalue weighted by Gasteiger charge is -2.25. The molecular weight excluding hydrogens is 397 g/mol. The van der Waals surface area contributed by atoms with Gasteiger partial charge in [0.15, 0.2) is 0 Å². The summed E-state index contributed by atoms with van der Waals surface area (Å²) in [6.07, 6.45) is 5.82. The first-order chi connectivity index (χ1) is 15.0. The number of Topliss-reactive ketones (excluding diaryl/α,β-unsaturated/α-hetero) is 1. The number of aliphatic hydroxyl groups excluding tert-OH is 1. The van der Waals surface area contributed by atoms with E-state index in [0.717, 1.165) is 11.1 Å². The van der Waals surface area contributed by atoms with Crippen LogP contribution in [-0.4, -0.2) is 37.8 Å². The molecule has 31 heavy (non-hydrogen) atoms. The lowest BCUT2D eigenvalue weighted by atomic mass is 9.94. The minimum atomic E-state index is -0.741. The number of amides is 1. The highest BCUT2D eigenvalue weighted by Gasteiger charge is 2.45. The van der Waals surface area contributed by atoms with Gasteiger partial charge in [0.25, 0.3) is 11.7 Å². The number of nitrogens with zero attached hydrogens (tertiary/aromatic N) is 3. The molecule has 0 bridgehead atoms. The van der Waals surface area contributed by atoms with Crippen LogP contribution in [0.15, 0.2) is 72.8 Å². The van der Waals surface area contributed by atoms with E-state index in [1.165, 1.54) is 29.2 Å². The fraction of sp³-hybridized carbons (Fsp3) is 0.208. The zero-order valence-electron chi connectivity index (χ0n) is 17.0. The van der Waals surface area contributed by atoms with E-state index >= 15 is 0 Å². The molecule has 158 valence electrons. The van der Waals surface area contributed by atoms with Crippen molar-refractivity contribution in [2.24, 2.45) is 0 Å². The number of ketones is 1. The van der Waals surface area contributed by atoms with Gasteiger partial charge in [-0.05, 0) is 43.2 Å². The molecule has 0 spiro atoms. The SMILES string of the molecule is Cc1ccc(C2/C(=C(\O)c3ccc(F)cc3)C(=O)C(=O)N2CCCn2ccnc2)cc1. The van der Waals surface area contributed by atoms with E-state index in [4.69, 9.17) is 0 Å². The average Bonchev–Trinajstić information content (AvgIpc) is 3.37. The molecule has 1 amide bonds. The molecular formula is C24H22FN3O3. The lowest BCUT2D eigenvalue weighted by molar-refractivity contribution is -0.139. The number of aryl methyl sites for hydroxylation is 2. The third kappa shape index (κ3) is 4.12. The van der Waals surface area contributed by atoms with Gasteiger partial charge in [-0.25, -0.2) is 9.37 Å². The molecule has 3 aromatic rings. The van der Waals surface area contributed by atoms with Crippen LogP contribution in [0.2, 0.25) is 0 Å². The number of benzene rings is 2. The summed E-state index contributed by atoms with van der Waals surface area (Å²) < 4.78 is 15.2. The molecule has 6 nitrogen and oxygen atoms in total. The maximum atomic E-state index is 13.3. The fourth-order valence-electron chi connectivity index (χ4n) is 3.81. The monoisotopic (exact) mass is 419 g/mol. The highest BCUT2D eigenvalue weighted by Crippen LogP contribution is 2.39. The molecule has 1 fully saturated rings. The summed E-state index contributed by atoms with van der Waals surface area (Å²) in [5, 5.41) is 10.9. The molecule has 1 aromatic heterocycles. The number of carbonyl (C=O) groups excluding carboxylic acids is 2. The van der Waals surface area contributed by atoms with Crippen LogP contribution in [-0.2, 0) is 16.1 Å². The van der Waals surface area contributed by atoms with Crippen molar-refractivity contribution in [3.63, 3.8) is 0 Å². The predicted octanol–water partition coefficient (Wildman–Crippen LogP) is 3.84. The lowest BCUT2D eigenvalue weighted by Crippen LogP contribution is -2.31. The topological polar surface area (TPSA) is 75.4 Å². The second-order valence-electron chi connectivity index (χ2n) is 7.56. The molecule has 1 N–H and O–H groups in total. The Kier molecular flexibility index (Phi) is 5.66. The molecule has 0 radical (unpaired) electrons. The number of imidazole rings is 1. The first-order valence-electron chi connectivity index (χ1n) is 10.0. The minimum Gasteiger partial charge on any atom is -0.507 e. The van der Waals surface area contributed by atoms with Gasteiger partial charge in [-0.15, -0.1) is 0 Å². The van der Waals surface area contributed by atoms with E-state index in [2.05, 4.69) is 4.98 Å². The highest BCUT2D eigenvalue weighted by atomic mass is 19.1. The van der Waals surface area contributed by atoms with E-state index in [9.17, 15) is 19.1 Å². The van der Waals surface area contributed by atoms with Gasteiger partial charge >= 0.3 is 0 Å². The minimum absolute atomic E-state index is 0.0168. The first kappa shape index (κ1) is 20.5. The zero-order chi connectivity index (χ0) is 22.0. The van der Waals surface area contributed by atoms with E-state index < -0.39 is 23.5 Å². The van der Waals surface area contributed by atoms with Crippen LogP contribution < -0.4 is 0 Å². The Morgan fingerprint density at radius 1 is 1.06 bits per heavy atom. The van der Waals surface area contributed by atoms with E-state index in [-0.39, 0.29) is 16.9 Å². The smallest absolute Gasteiger partial charge is 0.295 e. The van der Waals surface area contributed by atoms with Crippen molar-refractivity contribution in [1.29, 1.82) is 0 Å². The first-order valence-corrected chi connectivity index (χ1v) is 10.0. The number of halogens is 1. The molecule has 1 unspecified atom stereocenters. The molecule has 1 aliphatic heterocycles. The Morgan fingerprint density at radius 2 is 1.77 bits per heavy atom. The van der Waals surface area contributed by atoms with Gasteiger partial charge in [-0.2, -0.15) is 0 Å². The number of aliphatic hydroxyl groups is 1. The number of carbonyl (C=O) groups is 2. The molecule has 0 saturated carbocycles. The summed E-state index contributed by atoms with van der Waals surface area (Å²) in [6.45, 7) is 2.92. The Labute approximate surface area is 179 Å². The van der Waals surface area contributed by atoms with E-state index in [0.29, 0.717) is 19.5 Å². The Balaban J connectivity index is 1.72. The third-order valence-corrected chi connectivity index (χ3v) is 5.43. The molecule has 1 atom stereocenters. The van der Waals surface area contributed by atoms with Gasteiger partial charge in [0.05, 0.1) is 17.9 Å². The highest BCUT2D eigenvalue weighted by molar-refractivity contribution is 6.46. The number of hydrogen-bond acceptors (Lipinski definition) is 4. The third-order valence-electron chi connectivity index (χ3n) is 5.43. The van der Waals surface area contributed by atoms with Crippen LogP contribution in [0.5, 0.6) is 0 Å². The van der Waals surface area contributed by atoms with Crippen molar-refractivity contribution in [2.75, 3.05) is 6.54 Å². The molecule has 4 rings (SSSR count). The van der Waals surface area contributed by atoms with Crippen molar-refractivity contribution in [1.82, 2.24) is 14.5 Å². The molecule has 7 heteroatoms. The van der Waals surface area contributed by atoms with Gasteiger partial charge in [0, 0.05) is 31.0 Å². The van der Waals surface area contributed by atoms with Gasteiger partial charge in [0.2, 0.25) is 0 Å². The van der Waals surface area contributed by atoms with Crippen LogP contribution in [0.1, 0.15) is 29.2 Å². The Morgan fingerprint density at radius 3 is 2.42 bits per heavy atom. The maximum Gasteiger partial charge on any atom is 0.295 e. The van der Waals surface area contributed by atoms with Crippen molar-refractivity contribution in [3.05, 3.63) is 95.3 Å². The number of rotatable bonds is 6. The second kappa shape index (κ2) is 8.55.